The maximum absolute atomic E-state index is 12.6. The van der Waals surface area contributed by atoms with Gasteiger partial charge >= 0.3 is 5.97 Å². The highest BCUT2D eigenvalue weighted by molar-refractivity contribution is 6.44. The molecule has 5 nitrogen and oxygen atoms in total. The Morgan fingerprint density at radius 3 is 2.00 bits per heavy atom. The first-order chi connectivity index (χ1) is 12.8. The fraction of sp³-hybridized carbons (Fsp3) is 0.250. The normalized spacial score (nSPS) is 13.3. The predicted octanol–water partition coefficient (Wildman–Crippen LogP) is 5.00. The van der Waals surface area contributed by atoms with Crippen LogP contribution in [0.4, 0.5) is 5.69 Å². The lowest BCUT2D eigenvalue weighted by Gasteiger charge is -2.14. The number of hydrogen-bond acceptors (Lipinski definition) is 4. The minimum Gasteiger partial charge on any atom is -0.462 e. The van der Waals surface area contributed by atoms with E-state index in [2.05, 4.69) is 0 Å². The Labute approximate surface area is 166 Å². The number of halogens is 2. The van der Waals surface area contributed by atoms with Gasteiger partial charge in [-0.05, 0) is 48.7 Å². The van der Waals surface area contributed by atoms with Crippen molar-refractivity contribution >= 4 is 46.7 Å². The molecule has 1 aliphatic heterocycles. The molecule has 0 atom stereocenters. The van der Waals surface area contributed by atoms with E-state index in [4.69, 9.17) is 27.9 Å². The summed E-state index contributed by atoms with van der Waals surface area (Å²) in [5.41, 5.74) is 1.11. The van der Waals surface area contributed by atoms with Gasteiger partial charge in [-0.1, -0.05) is 37.0 Å². The number of hydrogen-bond donors (Lipinski definition) is 0. The molecule has 0 bridgehead atoms. The zero-order valence-electron chi connectivity index (χ0n) is 14.8. The van der Waals surface area contributed by atoms with Gasteiger partial charge in [0.15, 0.2) is 0 Å². The quantitative estimate of drug-likeness (QED) is 0.518. The maximum Gasteiger partial charge on any atom is 0.338 e. The van der Waals surface area contributed by atoms with E-state index in [1.165, 1.54) is 36.4 Å². The maximum atomic E-state index is 12.6. The van der Waals surface area contributed by atoms with Crippen LogP contribution in [0.1, 0.15) is 51.3 Å². The van der Waals surface area contributed by atoms with Crippen molar-refractivity contribution < 1.29 is 19.1 Å². The zero-order chi connectivity index (χ0) is 19.7. The van der Waals surface area contributed by atoms with Crippen molar-refractivity contribution in [1.82, 2.24) is 0 Å². The number of anilines is 1. The molecule has 2 amide bonds. The average molecular weight is 406 g/mol. The van der Waals surface area contributed by atoms with Gasteiger partial charge in [0.25, 0.3) is 11.8 Å². The number of ether oxygens (including phenoxy) is 1. The molecule has 1 heterocycles. The van der Waals surface area contributed by atoms with Crippen LogP contribution >= 0.6 is 23.2 Å². The molecule has 0 N–H and O–H groups in total. The van der Waals surface area contributed by atoms with Gasteiger partial charge in [-0.3, -0.25) is 9.59 Å². The Hall–Kier alpha value is -2.37. The van der Waals surface area contributed by atoms with E-state index in [0.29, 0.717) is 23.8 Å². The average Bonchev–Trinajstić information content (AvgIpc) is 2.86. The van der Waals surface area contributed by atoms with Crippen LogP contribution in [-0.2, 0) is 4.74 Å². The van der Waals surface area contributed by atoms with Crippen LogP contribution < -0.4 is 4.90 Å². The third-order valence-corrected chi connectivity index (χ3v) is 4.94. The van der Waals surface area contributed by atoms with Crippen LogP contribution in [0.25, 0.3) is 0 Å². The van der Waals surface area contributed by atoms with Gasteiger partial charge < -0.3 is 4.74 Å². The van der Waals surface area contributed by atoms with Gasteiger partial charge in [0.1, 0.15) is 0 Å². The first-order valence-corrected chi connectivity index (χ1v) is 9.20. The largest absolute Gasteiger partial charge is 0.462 e. The Morgan fingerprint density at radius 2 is 1.52 bits per heavy atom. The molecule has 3 rings (SSSR count). The minimum absolute atomic E-state index is 0.201. The molecule has 140 valence electrons. The Kier molecular flexibility index (Phi) is 5.53. The SMILES string of the molecule is CC(C)CCOC(=O)c1ccc(N2C(=O)c3cc(Cl)c(Cl)cc3C2=O)cc1. The van der Waals surface area contributed by atoms with Crippen LogP contribution in [0.3, 0.4) is 0 Å². The minimum atomic E-state index is -0.485. The summed E-state index contributed by atoms with van der Waals surface area (Å²) in [5, 5.41) is 0.413. The Balaban J connectivity index is 1.79. The molecule has 27 heavy (non-hydrogen) atoms. The second-order valence-electron chi connectivity index (χ2n) is 6.62. The predicted molar refractivity (Wildman–Crippen MR) is 104 cm³/mol. The van der Waals surface area contributed by atoms with Crippen molar-refractivity contribution in [2.75, 3.05) is 11.5 Å². The van der Waals surface area contributed by atoms with Gasteiger partial charge in [-0.15, -0.1) is 0 Å². The van der Waals surface area contributed by atoms with Crippen molar-refractivity contribution in [3.63, 3.8) is 0 Å². The highest BCUT2D eigenvalue weighted by Crippen LogP contribution is 2.34. The summed E-state index contributed by atoms with van der Waals surface area (Å²) >= 11 is 11.9. The highest BCUT2D eigenvalue weighted by atomic mass is 35.5. The first kappa shape index (κ1) is 19.4. The molecular formula is C20H17Cl2NO4. The van der Waals surface area contributed by atoms with Crippen LogP contribution in [0.15, 0.2) is 36.4 Å². The summed E-state index contributed by atoms with van der Waals surface area (Å²) < 4.78 is 5.21. The molecule has 2 aromatic carbocycles. The van der Waals surface area contributed by atoms with E-state index in [1.807, 2.05) is 13.8 Å². The van der Waals surface area contributed by atoms with E-state index in [1.54, 1.807) is 0 Å². The summed E-state index contributed by atoms with van der Waals surface area (Å²) in [5.74, 6) is -0.971. The number of amides is 2. The lowest BCUT2D eigenvalue weighted by molar-refractivity contribution is 0.0488. The van der Waals surface area contributed by atoms with E-state index in [-0.39, 0.29) is 21.2 Å². The fourth-order valence-corrected chi connectivity index (χ4v) is 3.01. The number of benzene rings is 2. The van der Waals surface area contributed by atoms with Crippen molar-refractivity contribution in [2.45, 2.75) is 20.3 Å². The number of esters is 1. The molecular weight excluding hydrogens is 389 g/mol. The van der Waals surface area contributed by atoms with Crippen LogP contribution in [0.5, 0.6) is 0 Å². The summed E-state index contributed by atoms with van der Waals surface area (Å²) in [6.07, 6.45) is 0.782. The molecule has 0 aromatic heterocycles. The van der Waals surface area contributed by atoms with Gasteiger partial charge in [-0.2, -0.15) is 0 Å². The monoisotopic (exact) mass is 405 g/mol. The molecule has 0 saturated heterocycles. The van der Waals surface area contributed by atoms with E-state index in [9.17, 15) is 14.4 Å². The first-order valence-electron chi connectivity index (χ1n) is 8.44. The van der Waals surface area contributed by atoms with Crippen molar-refractivity contribution in [3.8, 4) is 0 Å². The molecule has 2 aromatic rings. The van der Waals surface area contributed by atoms with Crippen molar-refractivity contribution in [1.29, 1.82) is 0 Å². The molecule has 0 aliphatic carbocycles. The summed E-state index contributed by atoms with van der Waals surface area (Å²) in [7, 11) is 0. The smallest absolute Gasteiger partial charge is 0.338 e. The highest BCUT2D eigenvalue weighted by Gasteiger charge is 2.37. The number of rotatable bonds is 5. The molecule has 0 fully saturated rings. The summed E-state index contributed by atoms with van der Waals surface area (Å²) in [6.45, 7) is 4.44. The van der Waals surface area contributed by atoms with Gasteiger partial charge in [0.05, 0.1) is 39.0 Å². The molecule has 0 radical (unpaired) electrons. The molecule has 7 heteroatoms. The summed E-state index contributed by atoms with van der Waals surface area (Å²) in [6, 6.07) is 8.89. The number of carbonyl (C=O) groups is 3. The van der Waals surface area contributed by atoms with Crippen molar-refractivity contribution in [3.05, 3.63) is 63.1 Å². The topological polar surface area (TPSA) is 63.7 Å². The molecule has 1 aliphatic rings. The Bertz CT molecular complexity index is 881. The van der Waals surface area contributed by atoms with Crippen LogP contribution in [0, 0.1) is 5.92 Å². The van der Waals surface area contributed by atoms with E-state index < -0.39 is 17.8 Å². The Morgan fingerprint density at radius 1 is 1.00 bits per heavy atom. The van der Waals surface area contributed by atoms with Gasteiger partial charge in [0, 0.05) is 0 Å². The van der Waals surface area contributed by atoms with Gasteiger partial charge in [0.2, 0.25) is 0 Å². The van der Waals surface area contributed by atoms with Crippen molar-refractivity contribution in [2.24, 2.45) is 5.92 Å². The fourth-order valence-electron chi connectivity index (χ4n) is 2.69. The van der Waals surface area contributed by atoms with Crippen LogP contribution in [0.2, 0.25) is 10.0 Å². The third-order valence-electron chi connectivity index (χ3n) is 4.22. The zero-order valence-corrected chi connectivity index (χ0v) is 16.3. The number of imide groups is 1. The second kappa shape index (κ2) is 7.71. The number of carbonyl (C=O) groups excluding carboxylic acids is 3. The lowest BCUT2D eigenvalue weighted by atomic mass is 10.1. The lowest BCUT2D eigenvalue weighted by Crippen LogP contribution is -2.29. The van der Waals surface area contributed by atoms with E-state index in [0.717, 1.165) is 11.3 Å². The summed E-state index contributed by atoms with van der Waals surface area (Å²) in [4.78, 5) is 38.3. The number of fused-ring (bicyclic) bond motifs is 1. The van der Waals surface area contributed by atoms with Gasteiger partial charge in [-0.25, -0.2) is 9.69 Å². The third kappa shape index (κ3) is 3.84. The standard InChI is InChI=1S/C20H17Cl2NO4/c1-11(2)7-8-27-20(26)12-3-5-13(6-4-12)23-18(24)14-9-16(21)17(22)10-15(14)19(23)25/h3-6,9-11H,7-8H2,1-2H3. The molecule has 0 spiro atoms. The van der Waals surface area contributed by atoms with Crippen LogP contribution in [-0.4, -0.2) is 24.4 Å². The second-order valence-corrected chi connectivity index (χ2v) is 7.44. The number of nitrogens with zero attached hydrogens (tertiary/aromatic N) is 1. The van der Waals surface area contributed by atoms with E-state index >= 15 is 0 Å². The molecule has 0 saturated carbocycles. The molecule has 0 unspecified atom stereocenters.